The van der Waals surface area contributed by atoms with E-state index in [2.05, 4.69) is 0 Å². The molecule has 0 aliphatic carbocycles. The van der Waals surface area contributed by atoms with Crippen molar-refractivity contribution in [2.75, 3.05) is 0 Å². The monoisotopic (exact) mass is 578 g/mol. The minimum atomic E-state index is -3.86. The van der Waals surface area contributed by atoms with Gasteiger partial charge >= 0.3 is 5.76 Å². The number of aromatic nitrogens is 1. The van der Waals surface area contributed by atoms with E-state index in [1.165, 1.54) is 8.87 Å². The number of rotatable bonds is 8. The number of benzene rings is 4. The Morgan fingerprint density at radius 1 is 0.769 bits per heavy atom. The van der Waals surface area contributed by atoms with Gasteiger partial charge in [0, 0.05) is 18.7 Å². The average molecular weight is 580 g/mol. The molecule has 198 valence electrons. The SMILES string of the molecule is Cc1oc(=O)n(-c2ccc(Cl)c(Cl)c2)c1-c1ccc(S(=O)(=O)N(Cc2ccccc2)Cc2ccccc2)cc1. The summed E-state index contributed by atoms with van der Waals surface area (Å²) in [6.45, 7) is 2.12. The number of halogens is 2. The molecule has 1 heterocycles. The van der Waals surface area contributed by atoms with Crippen molar-refractivity contribution < 1.29 is 12.8 Å². The largest absolute Gasteiger partial charge is 0.424 e. The number of sulfonamides is 1. The Labute approximate surface area is 236 Å². The molecule has 0 unspecified atom stereocenters. The van der Waals surface area contributed by atoms with Gasteiger partial charge in [0.2, 0.25) is 10.0 Å². The third-order valence-electron chi connectivity index (χ3n) is 6.31. The van der Waals surface area contributed by atoms with Crippen LogP contribution in [0.15, 0.2) is 117 Å². The lowest BCUT2D eigenvalue weighted by molar-refractivity contribution is 0.401. The van der Waals surface area contributed by atoms with E-state index in [1.807, 2.05) is 60.7 Å². The highest BCUT2D eigenvalue weighted by atomic mass is 35.5. The second-order valence-corrected chi connectivity index (χ2v) is 11.7. The summed E-state index contributed by atoms with van der Waals surface area (Å²) < 4.78 is 35.9. The van der Waals surface area contributed by atoms with Gasteiger partial charge in [0.25, 0.3) is 0 Å². The predicted molar refractivity (Wildman–Crippen MR) is 154 cm³/mol. The van der Waals surface area contributed by atoms with Gasteiger partial charge in [0.1, 0.15) is 5.76 Å². The molecular weight excluding hydrogens is 555 g/mol. The van der Waals surface area contributed by atoms with Crippen LogP contribution in [-0.4, -0.2) is 17.3 Å². The third kappa shape index (κ3) is 5.72. The van der Waals surface area contributed by atoms with Crippen LogP contribution in [-0.2, 0) is 23.1 Å². The van der Waals surface area contributed by atoms with Crippen molar-refractivity contribution in [1.82, 2.24) is 8.87 Å². The van der Waals surface area contributed by atoms with Gasteiger partial charge in [-0.25, -0.2) is 17.8 Å². The first-order valence-electron chi connectivity index (χ1n) is 12.1. The first-order valence-corrected chi connectivity index (χ1v) is 14.3. The molecule has 0 fully saturated rings. The van der Waals surface area contributed by atoms with E-state index in [4.69, 9.17) is 27.6 Å². The Morgan fingerprint density at radius 3 is 1.87 bits per heavy atom. The van der Waals surface area contributed by atoms with E-state index >= 15 is 0 Å². The zero-order valence-corrected chi connectivity index (χ0v) is 23.2. The van der Waals surface area contributed by atoms with Gasteiger partial charge in [-0.1, -0.05) is 96.0 Å². The summed E-state index contributed by atoms with van der Waals surface area (Å²) in [6, 6.07) is 30.2. The minimum Gasteiger partial charge on any atom is -0.412 e. The molecule has 6 nitrogen and oxygen atoms in total. The lowest BCUT2D eigenvalue weighted by atomic mass is 10.1. The summed E-state index contributed by atoms with van der Waals surface area (Å²) >= 11 is 12.2. The molecule has 4 aromatic carbocycles. The maximum absolute atomic E-state index is 13.8. The summed E-state index contributed by atoms with van der Waals surface area (Å²) in [5.74, 6) is -0.203. The Kier molecular flexibility index (Phi) is 7.77. The number of hydrogen-bond acceptors (Lipinski definition) is 4. The quantitative estimate of drug-likeness (QED) is 0.197. The van der Waals surface area contributed by atoms with Crippen molar-refractivity contribution in [2.24, 2.45) is 0 Å². The second kappa shape index (κ2) is 11.2. The summed E-state index contributed by atoms with van der Waals surface area (Å²) in [7, 11) is -3.86. The molecule has 0 N–H and O–H groups in total. The van der Waals surface area contributed by atoms with Crippen LogP contribution in [0.3, 0.4) is 0 Å². The molecule has 9 heteroatoms. The molecule has 0 saturated heterocycles. The predicted octanol–water partition coefficient (Wildman–Crippen LogP) is 7.10. The lowest BCUT2D eigenvalue weighted by Crippen LogP contribution is -2.30. The molecule has 0 amide bonds. The van der Waals surface area contributed by atoms with E-state index < -0.39 is 15.8 Å². The van der Waals surface area contributed by atoms with Crippen LogP contribution < -0.4 is 5.76 Å². The van der Waals surface area contributed by atoms with Crippen molar-refractivity contribution in [3.63, 3.8) is 0 Å². The number of nitrogens with zero attached hydrogens (tertiary/aromatic N) is 2. The van der Waals surface area contributed by atoms with Crippen molar-refractivity contribution in [3.05, 3.63) is 141 Å². The molecule has 5 aromatic rings. The van der Waals surface area contributed by atoms with Crippen molar-refractivity contribution in [3.8, 4) is 16.9 Å². The zero-order valence-electron chi connectivity index (χ0n) is 20.9. The van der Waals surface area contributed by atoms with Gasteiger partial charge in [0.15, 0.2) is 0 Å². The Hall–Kier alpha value is -3.62. The maximum Gasteiger partial charge on any atom is 0.424 e. The van der Waals surface area contributed by atoms with Crippen LogP contribution in [0.1, 0.15) is 16.9 Å². The number of aryl methyl sites for hydroxylation is 1. The van der Waals surface area contributed by atoms with Crippen LogP contribution >= 0.6 is 23.2 Å². The highest BCUT2D eigenvalue weighted by Crippen LogP contribution is 2.31. The van der Waals surface area contributed by atoms with E-state index in [9.17, 15) is 13.2 Å². The molecular formula is C30H24Cl2N2O4S. The summed E-state index contributed by atoms with van der Waals surface area (Å²) in [5, 5.41) is 0.657. The molecule has 0 aliphatic heterocycles. The van der Waals surface area contributed by atoms with Crippen LogP contribution in [0.25, 0.3) is 16.9 Å². The molecule has 0 atom stereocenters. The summed E-state index contributed by atoms with van der Waals surface area (Å²) in [5.41, 5.74) is 3.35. The second-order valence-electron chi connectivity index (χ2n) is 8.98. The average Bonchev–Trinajstić information content (AvgIpc) is 3.24. The standard InChI is InChI=1S/C30H24Cl2N2O4S/c1-21-29(34(30(35)38-21)25-14-17-27(31)28(32)18-25)24-12-15-26(16-13-24)39(36,37)33(19-22-8-4-2-5-9-22)20-23-10-6-3-7-11-23/h2-18H,19-20H2,1H3. The van der Waals surface area contributed by atoms with E-state index in [0.717, 1.165) is 11.1 Å². The highest BCUT2D eigenvalue weighted by Gasteiger charge is 2.26. The van der Waals surface area contributed by atoms with Crippen LogP contribution in [0.4, 0.5) is 0 Å². The van der Waals surface area contributed by atoms with E-state index in [0.29, 0.717) is 32.8 Å². The van der Waals surface area contributed by atoms with Gasteiger partial charge in [-0.3, -0.25) is 0 Å². The molecule has 0 bridgehead atoms. The molecule has 0 saturated carbocycles. The highest BCUT2D eigenvalue weighted by molar-refractivity contribution is 7.89. The van der Waals surface area contributed by atoms with E-state index in [-0.39, 0.29) is 18.0 Å². The van der Waals surface area contributed by atoms with Crippen molar-refractivity contribution >= 4 is 33.2 Å². The normalized spacial score (nSPS) is 11.7. The molecule has 1 aromatic heterocycles. The van der Waals surface area contributed by atoms with Crippen LogP contribution in [0, 0.1) is 6.92 Å². The maximum atomic E-state index is 13.8. The van der Waals surface area contributed by atoms with Gasteiger partial charge in [-0.15, -0.1) is 0 Å². The fourth-order valence-electron chi connectivity index (χ4n) is 4.40. The van der Waals surface area contributed by atoms with Crippen molar-refractivity contribution in [2.45, 2.75) is 24.9 Å². The molecule has 5 rings (SSSR count). The van der Waals surface area contributed by atoms with Crippen LogP contribution in [0.2, 0.25) is 10.0 Å². The Bertz CT molecular complexity index is 1720. The smallest absolute Gasteiger partial charge is 0.412 e. The van der Waals surface area contributed by atoms with Crippen molar-refractivity contribution in [1.29, 1.82) is 0 Å². The molecule has 0 aliphatic rings. The fraction of sp³-hybridized carbons (Fsp3) is 0.100. The van der Waals surface area contributed by atoms with Crippen LogP contribution in [0.5, 0.6) is 0 Å². The Balaban J connectivity index is 1.52. The fourth-order valence-corrected chi connectivity index (χ4v) is 6.11. The minimum absolute atomic E-state index is 0.141. The summed E-state index contributed by atoms with van der Waals surface area (Å²) in [4.78, 5) is 12.9. The van der Waals surface area contributed by atoms with E-state index in [1.54, 1.807) is 49.4 Å². The van der Waals surface area contributed by atoms with Gasteiger partial charge in [-0.05, 0) is 48.4 Å². The van der Waals surface area contributed by atoms with Gasteiger partial charge in [0.05, 0.1) is 26.3 Å². The lowest BCUT2D eigenvalue weighted by Gasteiger charge is -2.23. The topological polar surface area (TPSA) is 72.5 Å². The van der Waals surface area contributed by atoms with Gasteiger partial charge in [-0.2, -0.15) is 4.31 Å². The Morgan fingerprint density at radius 2 is 1.33 bits per heavy atom. The number of oxazole rings is 1. The first-order chi connectivity index (χ1) is 18.7. The third-order valence-corrected chi connectivity index (χ3v) is 8.86. The summed E-state index contributed by atoms with van der Waals surface area (Å²) in [6.07, 6.45) is 0. The molecule has 0 spiro atoms. The zero-order chi connectivity index (χ0) is 27.6. The molecule has 39 heavy (non-hydrogen) atoms. The number of hydrogen-bond donors (Lipinski definition) is 0. The first kappa shape index (κ1) is 27.0. The van der Waals surface area contributed by atoms with Gasteiger partial charge < -0.3 is 4.42 Å². The molecule has 0 radical (unpaired) electrons.